The first kappa shape index (κ1) is 22.7. The van der Waals surface area contributed by atoms with Gasteiger partial charge in [0.05, 0.1) is 18.8 Å². The number of furan rings is 1. The third-order valence-corrected chi connectivity index (χ3v) is 6.08. The Morgan fingerprint density at radius 2 is 1.93 bits per heavy atom. The molecule has 2 fully saturated rings. The van der Waals surface area contributed by atoms with Crippen LogP contribution in [0.15, 0.2) is 27.8 Å². The van der Waals surface area contributed by atoms with Gasteiger partial charge in [-0.1, -0.05) is 25.7 Å². The van der Waals surface area contributed by atoms with Gasteiger partial charge in [0.15, 0.2) is 5.96 Å². The lowest BCUT2D eigenvalue weighted by atomic mass is 9.95. The van der Waals surface area contributed by atoms with Crippen LogP contribution in [0, 0.1) is 0 Å². The zero-order chi connectivity index (χ0) is 21.0. The van der Waals surface area contributed by atoms with Gasteiger partial charge < -0.3 is 20.4 Å². The largest absolute Gasteiger partial charge is 0.468 e. The summed E-state index contributed by atoms with van der Waals surface area (Å²) in [5.74, 6) is 1.87. The molecule has 0 bridgehead atoms. The van der Waals surface area contributed by atoms with Crippen LogP contribution in [0.1, 0.15) is 76.5 Å². The minimum absolute atomic E-state index is 0.132. The second kappa shape index (κ2) is 12.6. The summed E-state index contributed by atoms with van der Waals surface area (Å²) >= 11 is 0. The van der Waals surface area contributed by atoms with Crippen molar-refractivity contribution in [3.05, 3.63) is 24.2 Å². The molecule has 1 aromatic heterocycles. The first-order valence-electron chi connectivity index (χ1n) is 11.8. The molecule has 1 amide bonds. The molecule has 2 heterocycles. The number of nitrogens with zero attached hydrogens (tertiary/aromatic N) is 2. The molecule has 3 rings (SSSR count). The van der Waals surface area contributed by atoms with E-state index >= 15 is 0 Å². The Hall–Kier alpha value is -2.02. The van der Waals surface area contributed by atoms with Gasteiger partial charge >= 0.3 is 0 Å². The lowest BCUT2D eigenvalue weighted by Crippen LogP contribution is -2.42. The van der Waals surface area contributed by atoms with Crippen molar-refractivity contribution in [2.24, 2.45) is 4.99 Å². The summed E-state index contributed by atoms with van der Waals surface area (Å²) in [5.41, 5.74) is 0. The Balaban J connectivity index is 1.49. The van der Waals surface area contributed by atoms with E-state index in [0.29, 0.717) is 25.6 Å². The van der Waals surface area contributed by atoms with Gasteiger partial charge in [-0.2, -0.15) is 0 Å². The molecule has 7 heteroatoms. The summed E-state index contributed by atoms with van der Waals surface area (Å²) in [4.78, 5) is 19.5. The van der Waals surface area contributed by atoms with Gasteiger partial charge in [-0.05, 0) is 57.8 Å². The summed E-state index contributed by atoms with van der Waals surface area (Å²) in [6.07, 6.45) is 12.0. The zero-order valence-electron chi connectivity index (χ0n) is 18.5. The molecular formula is C23H39N5O2. The van der Waals surface area contributed by atoms with Crippen LogP contribution in [0.2, 0.25) is 0 Å². The summed E-state index contributed by atoms with van der Waals surface area (Å²) in [6, 6.07) is 4.52. The molecule has 1 saturated carbocycles. The smallest absolute Gasteiger partial charge is 0.221 e. The van der Waals surface area contributed by atoms with Crippen LogP contribution < -0.4 is 16.0 Å². The first-order valence-corrected chi connectivity index (χ1v) is 11.8. The molecule has 168 valence electrons. The molecule has 1 aliphatic carbocycles. The number of rotatable bonds is 9. The van der Waals surface area contributed by atoms with E-state index in [4.69, 9.17) is 9.41 Å². The Morgan fingerprint density at radius 1 is 1.17 bits per heavy atom. The Morgan fingerprint density at radius 3 is 2.63 bits per heavy atom. The summed E-state index contributed by atoms with van der Waals surface area (Å²) in [5, 5.41) is 9.80. The lowest BCUT2D eigenvalue weighted by molar-refractivity contribution is -0.121. The minimum Gasteiger partial charge on any atom is -0.468 e. The molecule has 1 aromatic rings. The van der Waals surface area contributed by atoms with Gasteiger partial charge in [0.2, 0.25) is 5.91 Å². The fourth-order valence-corrected chi connectivity index (χ4v) is 4.46. The van der Waals surface area contributed by atoms with Crippen molar-refractivity contribution < 1.29 is 9.21 Å². The van der Waals surface area contributed by atoms with E-state index in [2.05, 4.69) is 27.8 Å². The van der Waals surface area contributed by atoms with Crippen molar-refractivity contribution in [3.63, 3.8) is 0 Å². The quantitative estimate of drug-likeness (QED) is 0.425. The predicted molar refractivity (Wildman–Crippen MR) is 120 cm³/mol. The van der Waals surface area contributed by atoms with Crippen molar-refractivity contribution in [1.82, 2.24) is 20.9 Å². The molecule has 1 atom stereocenters. The summed E-state index contributed by atoms with van der Waals surface area (Å²) in [7, 11) is 0. The maximum absolute atomic E-state index is 12.2. The Bertz CT molecular complexity index is 634. The van der Waals surface area contributed by atoms with Gasteiger partial charge in [-0.15, -0.1) is 0 Å². The number of carbonyl (C=O) groups excluding carboxylic acids is 1. The highest BCUT2D eigenvalue weighted by molar-refractivity contribution is 5.81. The third-order valence-electron chi connectivity index (χ3n) is 6.08. The molecule has 1 saturated heterocycles. The van der Waals surface area contributed by atoms with Gasteiger partial charge in [0.1, 0.15) is 5.76 Å². The number of nitrogens with one attached hydrogen (secondary N) is 3. The predicted octanol–water partition coefficient (Wildman–Crippen LogP) is 3.20. The van der Waals surface area contributed by atoms with Gasteiger partial charge in [0, 0.05) is 25.6 Å². The number of hydrogen-bond donors (Lipinski definition) is 3. The van der Waals surface area contributed by atoms with Gasteiger partial charge in [-0.25, -0.2) is 0 Å². The average molecular weight is 418 g/mol. The molecule has 3 N–H and O–H groups in total. The van der Waals surface area contributed by atoms with E-state index < -0.39 is 0 Å². The normalized spacial score (nSPS) is 20.0. The highest BCUT2D eigenvalue weighted by Gasteiger charge is 2.24. The number of amides is 1. The number of piperidine rings is 1. The molecule has 30 heavy (non-hydrogen) atoms. The number of hydrogen-bond acceptors (Lipinski definition) is 4. The third kappa shape index (κ3) is 7.35. The summed E-state index contributed by atoms with van der Waals surface area (Å²) in [6.45, 7) is 6.24. The maximum atomic E-state index is 12.2. The van der Waals surface area contributed by atoms with E-state index in [1.807, 2.05) is 12.1 Å². The van der Waals surface area contributed by atoms with E-state index in [0.717, 1.165) is 44.2 Å². The topological polar surface area (TPSA) is 81.9 Å². The van der Waals surface area contributed by atoms with Crippen molar-refractivity contribution >= 4 is 11.9 Å². The fourth-order valence-electron chi connectivity index (χ4n) is 4.46. The van der Waals surface area contributed by atoms with E-state index in [-0.39, 0.29) is 11.9 Å². The van der Waals surface area contributed by atoms with E-state index in [1.54, 1.807) is 6.26 Å². The number of aliphatic imine (C=N–C) groups is 1. The minimum atomic E-state index is 0.132. The van der Waals surface area contributed by atoms with Crippen LogP contribution in [0.25, 0.3) is 0 Å². The van der Waals surface area contributed by atoms with Crippen molar-refractivity contribution in [2.75, 3.05) is 32.7 Å². The molecular weight excluding hydrogens is 378 g/mol. The van der Waals surface area contributed by atoms with Crippen LogP contribution in [0.5, 0.6) is 0 Å². The highest BCUT2D eigenvalue weighted by Crippen LogP contribution is 2.25. The number of carbonyl (C=O) groups is 1. The number of likely N-dealkylation sites (tertiary alicyclic amines) is 1. The van der Waals surface area contributed by atoms with E-state index in [9.17, 15) is 4.79 Å². The van der Waals surface area contributed by atoms with Crippen LogP contribution in [-0.4, -0.2) is 55.5 Å². The molecule has 0 radical (unpaired) electrons. The van der Waals surface area contributed by atoms with Crippen molar-refractivity contribution in [3.8, 4) is 0 Å². The molecule has 0 aromatic carbocycles. The fraction of sp³-hybridized carbons (Fsp3) is 0.739. The molecule has 2 aliphatic rings. The molecule has 1 aliphatic heterocycles. The molecule has 7 nitrogen and oxygen atoms in total. The second-order valence-corrected chi connectivity index (χ2v) is 8.43. The van der Waals surface area contributed by atoms with Crippen molar-refractivity contribution in [1.29, 1.82) is 0 Å². The lowest BCUT2D eigenvalue weighted by Gasteiger charge is -2.32. The van der Waals surface area contributed by atoms with E-state index in [1.165, 1.54) is 38.5 Å². The SMILES string of the molecule is CCNC(=NCC(c1ccco1)N1CCCCC1)NCCC(=O)NC1CCCCC1. The van der Waals surface area contributed by atoms with Crippen LogP contribution in [0.4, 0.5) is 0 Å². The first-order chi connectivity index (χ1) is 14.8. The van der Waals surface area contributed by atoms with Crippen LogP contribution in [0.3, 0.4) is 0 Å². The average Bonchev–Trinajstić information content (AvgIpc) is 3.30. The van der Waals surface area contributed by atoms with Crippen LogP contribution >= 0.6 is 0 Å². The summed E-state index contributed by atoms with van der Waals surface area (Å²) < 4.78 is 5.72. The van der Waals surface area contributed by atoms with Crippen LogP contribution in [-0.2, 0) is 4.79 Å². The van der Waals surface area contributed by atoms with Crippen molar-refractivity contribution in [2.45, 2.75) is 76.8 Å². The molecule has 0 spiro atoms. The Labute approximate surface area is 181 Å². The van der Waals surface area contributed by atoms with Gasteiger partial charge in [-0.3, -0.25) is 14.7 Å². The number of guanidine groups is 1. The highest BCUT2D eigenvalue weighted by atomic mass is 16.3. The monoisotopic (exact) mass is 417 g/mol. The van der Waals surface area contributed by atoms with Gasteiger partial charge in [0.25, 0.3) is 0 Å². The molecule has 1 unspecified atom stereocenters. The second-order valence-electron chi connectivity index (χ2n) is 8.43. The Kier molecular flexibility index (Phi) is 9.54. The maximum Gasteiger partial charge on any atom is 0.221 e. The zero-order valence-corrected chi connectivity index (χ0v) is 18.5. The standard InChI is InChI=1S/C23H39N5O2/c1-2-24-23(25-14-13-22(29)27-19-10-5-3-6-11-19)26-18-20(21-12-9-17-30-21)28-15-7-4-8-16-28/h9,12,17,19-20H,2-8,10-11,13-16,18H2,1H3,(H,27,29)(H2,24,25,26).